The summed E-state index contributed by atoms with van der Waals surface area (Å²) in [6.45, 7) is 11.0. The van der Waals surface area contributed by atoms with E-state index in [-0.39, 0.29) is 6.29 Å². The molecule has 0 aliphatic carbocycles. The third-order valence-corrected chi connectivity index (χ3v) is 3.44. The minimum atomic E-state index is -0.0574. The van der Waals surface area contributed by atoms with Gasteiger partial charge in [-0.05, 0) is 40.5 Å². The van der Waals surface area contributed by atoms with Crippen LogP contribution in [0.1, 0.15) is 47.0 Å². The first kappa shape index (κ1) is 13.9. The predicted octanol–water partition coefficient (Wildman–Crippen LogP) is 2.65. The maximum Gasteiger partial charge on any atom is 0.170 e. The van der Waals surface area contributed by atoms with Gasteiger partial charge in [-0.2, -0.15) is 0 Å². The molecule has 0 spiro atoms. The van der Waals surface area contributed by atoms with E-state index in [9.17, 15) is 0 Å². The molecule has 0 saturated carbocycles. The average Bonchev–Trinajstić information content (AvgIpc) is 2.24. The van der Waals surface area contributed by atoms with Crippen molar-refractivity contribution in [3.8, 4) is 0 Å². The van der Waals surface area contributed by atoms with Crippen LogP contribution in [0, 0.1) is 0 Å². The summed E-state index contributed by atoms with van der Waals surface area (Å²) >= 11 is 0. The van der Waals surface area contributed by atoms with Crippen molar-refractivity contribution in [1.82, 2.24) is 4.90 Å². The van der Waals surface area contributed by atoms with E-state index in [4.69, 9.17) is 9.47 Å². The van der Waals surface area contributed by atoms with Crippen LogP contribution in [0.3, 0.4) is 0 Å². The topological polar surface area (TPSA) is 21.7 Å². The van der Waals surface area contributed by atoms with Gasteiger partial charge in [-0.3, -0.25) is 4.90 Å². The first-order chi connectivity index (χ1) is 7.69. The Morgan fingerprint density at radius 2 is 1.56 bits per heavy atom. The predicted molar refractivity (Wildman–Crippen MR) is 66.5 cm³/mol. The molecule has 1 aliphatic rings. The summed E-state index contributed by atoms with van der Waals surface area (Å²) in [6.07, 6.45) is 3.90. The highest BCUT2D eigenvalue weighted by atomic mass is 16.7. The Morgan fingerprint density at radius 1 is 1.06 bits per heavy atom. The van der Waals surface area contributed by atoms with E-state index in [0.29, 0.717) is 12.1 Å². The lowest BCUT2D eigenvalue weighted by molar-refractivity contribution is -0.156. The van der Waals surface area contributed by atoms with Gasteiger partial charge in [0.25, 0.3) is 0 Å². The maximum atomic E-state index is 5.62. The fourth-order valence-corrected chi connectivity index (χ4v) is 2.53. The molecule has 16 heavy (non-hydrogen) atoms. The van der Waals surface area contributed by atoms with Crippen molar-refractivity contribution < 1.29 is 9.47 Å². The second-order valence-corrected chi connectivity index (χ2v) is 4.67. The molecule has 0 amide bonds. The Hall–Kier alpha value is -0.120. The number of nitrogens with zero attached hydrogens (tertiary/aromatic N) is 1. The van der Waals surface area contributed by atoms with Gasteiger partial charge in [0.1, 0.15) is 0 Å². The van der Waals surface area contributed by atoms with Gasteiger partial charge < -0.3 is 9.47 Å². The highest BCUT2D eigenvalue weighted by Gasteiger charge is 2.27. The van der Waals surface area contributed by atoms with Crippen LogP contribution < -0.4 is 0 Å². The Kier molecular flexibility index (Phi) is 6.32. The smallest absolute Gasteiger partial charge is 0.170 e. The number of ether oxygens (including phenoxy) is 2. The second kappa shape index (κ2) is 7.25. The van der Waals surface area contributed by atoms with Crippen molar-refractivity contribution in [2.75, 3.05) is 19.8 Å². The van der Waals surface area contributed by atoms with Crippen LogP contribution in [0.2, 0.25) is 0 Å². The number of hydrogen-bond donors (Lipinski definition) is 0. The Labute approximate surface area is 100 Å². The average molecular weight is 229 g/mol. The van der Waals surface area contributed by atoms with Crippen LogP contribution in [0.5, 0.6) is 0 Å². The molecule has 96 valence electrons. The third-order valence-electron chi connectivity index (χ3n) is 3.44. The molecule has 3 nitrogen and oxygen atoms in total. The summed E-state index contributed by atoms with van der Waals surface area (Å²) in [5.41, 5.74) is 0. The quantitative estimate of drug-likeness (QED) is 0.654. The van der Waals surface area contributed by atoms with E-state index < -0.39 is 0 Å². The van der Waals surface area contributed by atoms with Gasteiger partial charge in [-0.1, -0.05) is 6.42 Å². The fourth-order valence-electron chi connectivity index (χ4n) is 2.53. The first-order valence-electron chi connectivity index (χ1n) is 6.68. The molecule has 1 aliphatic heterocycles. The minimum absolute atomic E-state index is 0.0574. The molecule has 0 aromatic carbocycles. The summed E-state index contributed by atoms with van der Waals surface area (Å²) in [7, 11) is 0. The van der Waals surface area contributed by atoms with Crippen LogP contribution in [0.25, 0.3) is 0 Å². The summed E-state index contributed by atoms with van der Waals surface area (Å²) in [4.78, 5) is 2.53. The van der Waals surface area contributed by atoms with Gasteiger partial charge in [0, 0.05) is 25.3 Å². The number of rotatable bonds is 6. The molecular formula is C13H27NO2. The molecule has 0 bridgehead atoms. The van der Waals surface area contributed by atoms with Crippen molar-refractivity contribution in [3.05, 3.63) is 0 Å². The van der Waals surface area contributed by atoms with Gasteiger partial charge in [0.05, 0.1) is 6.54 Å². The summed E-state index contributed by atoms with van der Waals surface area (Å²) in [5.74, 6) is 0. The Morgan fingerprint density at radius 3 is 2.00 bits per heavy atom. The van der Waals surface area contributed by atoms with E-state index in [1.54, 1.807) is 0 Å². The van der Waals surface area contributed by atoms with Crippen molar-refractivity contribution >= 4 is 0 Å². The lowest BCUT2D eigenvalue weighted by Gasteiger charge is -2.40. The molecule has 1 fully saturated rings. The maximum absolute atomic E-state index is 5.62. The summed E-state index contributed by atoms with van der Waals surface area (Å²) in [6, 6.07) is 1.32. The van der Waals surface area contributed by atoms with Gasteiger partial charge in [0.2, 0.25) is 0 Å². The zero-order valence-electron chi connectivity index (χ0n) is 11.2. The highest BCUT2D eigenvalue weighted by molar-refractivity contribution is 4.80. The summed E-state index contributed by atoms with van der Waals surface area (Å²) in [5, 5.41) is 0. The first-order valence-corrected chi connectivity index (χ1v) is 6.68. The van der Waals surface area contributed by atoms with Crippen molar-refractivity contribution in [3.63, 3.8) is 0 Å². The molecule has 0 N–H and O–H groups in total. The monoisotopic (exact) mass is 229 g/mol. The molecule has 0 aromatic heterocycles. The fraction of sp³-hybridized carbons (Fsp3) is 1.00. The second-order valence-electron chi connectivity index (χ2n) is 4.67. The number of piperidine rings is 1. The van der Waals surface area contributed by atoms with Gasteiger partial charge >= 0.3 is 0 Å². The lowest BCUT2D eigenvalue weighted by atomic mass is 9.97. The van der Waals surface area contributed by atoms with Gasteiger partial charge in [-0.15, -0.1) is 0 Å². The van der Waals surface area contributed by atoms with Crippen molar-refractivity contribution in [2.45, 2.75) is 65.3 Å². The van der Waals surface area contributed by atoms with Crippen LogP contribution in [-0.4, -0.2) is 43.0 Å². The van der Waals surface area contributed by atoms with Gasteiger partial charge in [0.15, 0.2) is 6.29 Å². The van der Waals surface area contributed by atoms with Crippen LogP contribution in [0.4, 0.5) is 0 Å². The van der Waals surface area contributed by atoms with Crippen LogP contribution >= 0.6 is 0 Å². The largest absolute Gasteiger partial charge is 0.352 e. The van der Waals surface area contributed by atoms with E-state index >= 15 is 0 Å². The lowest BCUT2D eigenvalue weighted by Crippen LogP contribution is -2.48. The molecule has 0 radical (unpaired) electrons. The zero-order valence-corrected chi connectivity index (χ0v) is 11.2. The molecule has 1 rings (SSSR count). The number of hydrogen-bond acceptors (Lipinski definition) is 3. The Balaban J connectivity index is 2.46. The zero-order chi connectivity index (χ0) is 12.0. The number of likely N-dealkylation sites (tertiary alicyclic amines) is 1. The third kappa shape index (κ3) is 4.04. The van der Waals surface area contributed by atoms with E-state index in [0.717, 1.165) is 19.8 Å². The van der Waals surface area contributed by atoms with Crippen molar-refractivity contribution in [2.24, 2.45) is 0 Å². The molecule has 0 unspecified atom stereocenters. The minimum Gasteiger partial charge on any atom is -0.352 e. The van der Waals surface area contributed by atoms with Crippen molar-refractivity contribution in [1.29, 1.82) is 0 Å². The molecule has 1 heterocycles. The highest BCUT2D eigenvalue weighted by Crippen LogP contribution is 2.23. The normalized spacial score (nSPS) is 27.6. The van der Waals surface area contributed by atoms with Gasteiger partial charge in [-0.25, -0.2) is 0 Å². The van der Waals surface area contributed by atoms with Crippen LogP contribution in [0.15, 0.2) is 0 Å². The van der Waals surface area contributed by atoms with Crippen LogP contribution in [-0.2, 0) is 9.47 Å². The summed E-state index contributed by atoms with van der Waals surface area (Å²) < 4.78 is 11.2. The molecule has 1 saturated heterocycles. The van der Waals surface area contributed by atoms with E-state index in [1.807, 2.05) is 13.8 Å². The molecule has 2 atom stereocenters. The standard InChI is InChI=1S/C13H27NO2/c1-5-15-13(16-6-2)10-14-11(3)8-7-9-12(14)4/h11-13H,5-10H2,1-4H3/t11-,12+. The van der Waals surface area contributed by atoms with E-state index in [2.05, 4.69) is 18.7 Å². The molecule has 3 heteroatoms. The Bertz CT molecular complexity index is 171. The molecule has 0 aromatic rings. The SMILES string of the molecule is CCOC(CN1[C@H](C)CCC[C@@H]1C)OCC. The van der Waals surface area contributed by atoms with E-state index in [1.165, 1.54) is 19.3 Å². The molecular weight excluding hydrogens is 202 g/mol.